The molecule has 24 heavy (non-hydrogen) atoms. The van der Waals surface area contributed by atoms with Crippen molar-refractivity contribution in [3.8, 4) is 0 Å². The first kappa shape index (κ1) is 16.6. The summed E-state index contributed by atoms with van der Waals surface area (Å²) >= 11 is 12.3. The van der Waals surface area contributed by atoms with Crippen LogP contribution < -0.4 is 5.32 Å². The third-order valence-electron chi connectivity index (χ3n) is 3.35. The molecule has 1 aromatic carbocycles. The van der Waals surface area contributed by atoms with E-state index in [-0.39, 0.29) is 28.3 Å². The monoisotopic (exact) mass is 379 g/mol. The lowest BCUT2D eigenvalue weighted by Crippen LogP contribution is -2.30. The van der Waals surface area contributed by atoms with E-state index in [1.165, 1.54) is 11.0 Å². The third-order valence-corrected chi connectivity index (χ3v) is 4.94. The Balaban J connectivity index is 1.82. The van der Waals surface area contributed by atoms with E-state index in [4.69, 9.17) is 23.8 Å². The molecule has 0 aliphatic carbocycles. The average Bonchev–Trinajstić information content (AvgIpc) is 3.10. The summed E-state index contributed by atoms with van der Waals surface area (Å²) in [6.07, 6.45) is 1.55. The Labute approximate surface area is 151 Å². The quantitative estimate of drug-likeness (QED) is 0.380. The first-order valence-electron chi connectivity index (χ1n) is 6.76. The average molecular weight is 380 g/mol. The summed E-state index contributed by atoms with van der Waals surface area (Å²) in [6.45, 7) is 0.255. The fourth-order valence-electron chi connectivity index (χ4n) is 2.19. The van der Waals surface area contributed by atoms with E-state index < -0.39 is 4.92 Å². The molecule has 0 radical (unpaired) electrons. The number of thiophene rings is 1. The number of amides is 1. The highest BCUT2D eigenvalue weighted by Crippen LogP contribution is 2.26. The molecule has 122 valence electrons. The predicted molar refractivity (Wildman–Crippen MR) is 96.7 cm³/mol. The molecule has 1 fully saturated rings. The van der Waals surface area contributed by atoms with Crippen molar-refractivity contribution in [1.82, 2.24) is 10.2 Å². The van der Waals surface area contributed by atoms with Gasteiger partial charge >= 0.3 is 5.00 Å². The van der Waals surface area contributed by atoms with Crippen molar-refractivity contribution in [1.29, 1.82) is 0 Å². The number of carbonyl (C=O) groups is 1. The summed E-state index contributed by atoms with van der Waals surface area (Å²) in [5.74, 6) is -0.297. The van der Waals surface area contributed by atoms with Gasteiger partial charge in [0.05, 0.1) is 11.5 Å². The fourth-order valence-corrected chi connectivity index (χ4v) is 3.33. The number of hydrogen-bond donors (Lipinski definition) is 1. The lowest BCUT2D eigenvalue weighted by molar-refractivity contribution is -0.380. The lowest BCUT2D eigenvalue weighted by Gasteiger charge is -2.14. The van der Waals surface area contributed by atoms with Gasteiger partial charge in [0.2, 0.25) is 0 Å². The zero-order valence-corrected chi connectivity index (χ0v) is 14.5. The maximum Gasteiger partial charge on any atom is 0.324 e. The standard InChI is InChI=1S/C15H10ClN3O3S2/c16-11-4-2-1-3-10(11)7-18-14(20)12(17-15(18)23)5-9-6-13(19(21)22)24-8-9/h1-6,8H,7H2,(H,17,23)/b12-5-. The SMILES string of the molecule is O=C1/C(=C/c2csc([N+](=O)[O-])c2)NC(=S)N1Cc1ccccc1Cl. The highest BCUT2D eigenvalue weighted by Gasteiger charge is 2.31. The Hall–Kier alpha value is -2.29. The van der Waals surface area contributed by atoms with Crippen LogP contribution in [0.4, 0.5) is 5.00 Å². The van der Waals surface area contributed by atoms with Gasteiger partial charge in [0.1, 0.15) is 5.70 Å². The highest BCUT2D eigenvalue weighted by atomic mass is 35.5. The van der Waals surface area contributed by atoms with E-state index in [0.29, 0.717) is 10.6 Å². The zero-order valence-electron chi connectivity index (χ0n) is 12.1. The van der Waals surface area contributed by atoms with Crippen molar-refractivity contribution >= 4 is 57.3 Å². The van der Waals surface area contributed by atoms with Crippen molar-refractivity contribution in [3.05, 3.63) is 67.7 Å². The van der Waals surface area contributed by atoms with Gasteiger partial charge in [-0.1, -0.05) is 41.1 Å². The van der Waals surface area contributed by atoms with E-state index >= 15 is 0 Å². The van der Waals surface area contributed by atoms with Gasteiger partial charge in [-0.15, -0.1) is 0 Å². The van der Waals surface area contributed by atoms with Crippen molar-refractivity contribution < 1.29 is 9.72 Å². The Morgan fingerprint density at radius 1 is 1.42 bits per heavy atom. The minimum Gasteiger partial charge on any atom is -0.328 e. The molecule has 0 saturated carbocycles. The maximum absolute atomic E-state index is 12.5. The fraction of sp³-hybridized carbons (Fsp3) is 0.0667. The Bertz CT molecular complexity index is 878. The van der Waals surface area contributed by atoms with E-state index in [0.717, 1.165) is 16.9 Å². The smallest absolute Gasteiger partial charge is 0.324 e. The van der Waals surface area contributed by atoms with Crippen LogP contribution in [0.2, 0.25) is 5.02 Å². The van der Waals surface area contributed by atoms with Crippen molar-refractivity contribution in [3.63, 3.8) is 0 Å². The number of hydrogen-bond acceptors (Lipinski definition) is 5. The molecule has 1 aromatic heterocycles. The molecule has 0 bridgehead atoms. The molecule has 0 atom stereocenters. The molecule has 1 amide bonds. The lowest BCUT2D eigenvalue weighted by atomic mass is 10.2. The van der Waals surface area contributed by atoms with Gasteiger partial charge in [0.25, 0.3) is 5.91 Å². The van der Waals surface area contributed by atoms with Crippen molar-refractivity contribution in [2.24, 2.45) is 0 Å². The number of benzene rings is 1. The van der Waals surface area contributed by atoms with Crippen LogP contribution in [0.1, 0.15) is 11.1 Å². The molecular weight excluding hydrogens is 370 g/mol. The van der Waals surface area contributed by atoms with E-state index in [9.17, 15) is 14.9 Å². The molecule has 1 saturated heterocycles. The summed E-state index contributed by atoms with van der Waals surface area (Å²) < 4.78 is 0. The minimum atomic E-state index is -0.467. The second-order valence-electron chi connectivity index (χ2n) is 4.95. The van der Waals surface area contributed by atoms with Crippen LogP contribution in [0.5, 0.6) is 0 Å². The molecular formula is C15H10ClN3O3S2. The van der Waals surface area contributed by atoms with Crippen LogP contribution in [0.3, 0.4) is 0 Å². The van der Waals surface area contributed by atoms with Gasteiger partial charge in [0.15, 0.2) is 5.11 Å². The van der Waals surface area contributed by atoms with Gasteiger partial charge in [-0.3, -0.25) is 19.8 Å². The van der Waals surface area contributed by atoms with Gasteiger partial charge in [-0.05, 0) is 35.5 Å². The van der Waals surface area contributed by atoms with Crippen LogP contribution in [0, 0.1) is 10.1 Å². The molecule has 0 unspecified atom stereocenters. The normalized spacial score (nSPS) is 15.9. The van der Waals surface area contributed by atoms with Gasteiger partial charge < -0.3 is 5.32 Å². The minimum absolute atomic E-state index is 0.0165. The molecule has 2 aromatic rings. The second-order valence-corrected chi connectivity index (χ2v) is 6.63. The molecule has 1 aliphatic rings. The zero-order chi connectivity index (χ0) is 17.3. The second kappa shape index (κ2) is 6.68. The van der Waals surface area contributed by atoms with Gasteiger partial charge in [-0.25, -0.2) is 0 Å². The molecule has 9 heteroatoms. The molecule has 6 nitrogen and oxygen atoms in total. The number of nitro groups is 1. The number of rotatable bonds is 4. The van der Waals surface area contributed by atoms with Crippen LogP contribution in [0.15, 0.2) is 41.4 Å². The summed E-state index contributed by atoms with van der Waals surface area (Å²) in [7, 11) is 0. The number of nitrogens with zero attached hydrogens (tertiary/aromatic N) is 2. The van der Waals surface area contributed by atoms with Crippen LogP contribution in [-0.2, 0) is 11.3 Å². The van der Waals surface area contributed by atoms with Gasteiger partial charge in [-0.2, -0.15) is 0 Å². The Morgan fingerprint density at radius 3 is 2.83 bits per heavy atom. The Kier molecular flexibility index (Phi) is 4.61. The summed E-state index contributed by atoms with van der Waals surface area (Å²) in [6, 6.07) is 8.62. The number of nitrogens with one attached hydrogen (secondary N) is 1. The third kappa shape index (κ3) is 3.30. The first-order valence-corrected chi connectivity index (χ1v) is 8.43. The molecule has 2 heterocycles. The van der Waals surface area contributed by atoms with Crippen molar-refractivity contribution in [2.45, 2.75) is 6.54 Å². The molecule has 0 spiro atoms. The highest BCUT2D eigenvalue weighted by molar-refractivity contribution is 7.80. The number of thiocarbonyl (C=S) groups is 1. The molecule has 1 aliphatic heterocycles. The van der Waals surface area contributed by atoms with Gasteiger partial charge in [0, 0.05) is 16.5 Å². The predicted octanol–water partition coefficient (Wildman–Crippen LogP) is 3.57. The van der Waals surface area contributed by atoms with Crippen LogP contribution in [-0.4, -0.2) is 20.8 Å². The Morgan fingerprint density at radius 2 is 2.17 bits per heavy atom. The van der Waals surface area contributed by atoms with Crippen molar-refractivity contribution in [2.75, 3.05) is 0 Å². The first-order chi connectivity index (χ1) is 11.5. The van der Waals surface area contributed by atoms with E-state index in [1.54, 1.807) is 17.5 Å². The topological polar surface area (TPSA) is 75.5 Å². The number of halogens is 1. The van der Waals surface area contributed by atoms with Crippen LogP contribution in [0.25, 0.3) is 6.08 Å². The summed E-state index contributed by atoms with van der Waals surface area (Å²) in [5, 5.41) is 16.0. The van der Waals surface area contributed by atoms with E-state index in [1.807, 2.05) is 18.2 Å². The summed E-state index contributed by atoms with van der Waals surface area (Å²) in [4.78, 5) is 24.2. The summed E-state index contributed by atoms with van der Waals surface area (Å²) in [5.41, 5.74) is 1.63. The maximum atomic E-state index is 12.5. The molecule has 1 N–H and O–H groups in total. The largest absolute Gasteiger partial charge is 0.328 e. The van der Waals surface area contributed by atoms with E-state index in [2.05, 4.69) is 5.32 Å². The number of carbonyl (C=O) groups excluding carboxylic acids is 1. The molecule has 3 rings (SSSR count). The van der Waals surface area contributed by atoms with Crippen LogP contribution >= 0.6 is 35.2 Å².